The Hall–Kier alpha value is -3.75. The van der Waals surface area contributed by atoms with E-state index in [0.29, 0.717) is 5.92 Å². The number of hydrogen-bond acceptors (Lipinski definition) is 1. The van der Waals surface area contributed by atoms with E-state index in [9.17, 15) is 0 Å². The molecule has 1 heterocycles. The van der Waals surface area contributed by atoms with Crippen LogP contribution in [0.2, 0.25) is 19.6 Å². The second-order valence-corrected chi connectivity index (χ2v) is 17.0. The standard InChI is InChI=1S/C36H35NSi/c1-24(2)19-28-22-35(37-23-36(28)38(3,4)5)27-16-18-32-30-14-10-9-13-29(30)31-17-15-26(20-33(31)34(32)21-27)25-11-7-6-8-12-25/h6-18,20-24H,19H2,1-5H3. The van der Waals surface area contributed by atoms with Gasteiger partial charge in [-0.2, -0.15) is 0 Å². The minimum Gasteiger partial charge on any atom is -0.256 e. The van der Waals surface area contributed by atoms with Gasteiger partial charge in [0.25, 0.3) is 0 Å². The summed E-state index contributed by atoms with van der Waals surface area (Å²) in [5.74, 6) is 0.615. The van der Waals surface area contributed by atoms with Crippen LogP contribution in [-0.2, 0) is 6.42 Å². The molecule has 6 aromatic rings. The quantitative estimate of drug-likeness (QED) is 0.166. The highest BCUT2D eigenvalue weighted by Crippen LogP contribution is 2.38. The van der Waals surface area contributed by atoms with Gasteiger partial charge in [-0.1, -0.05) is 112 Å². The maximum absolute atomic E-state index is 5.03. The van der Waals surface area contributed by atoms with Gasteiger partial charge in [-0.25, -0.2) is 0 Å². The molecule has 38 heavy (non-hydrogen) atoms. The first-order valence-corrected chi connectivity index (χ1v) is 17.2. The number of nitrogens with zero attached hydrogens (tertiary/aromatic N) is 1. The van der Waals surface area contributed by atoms with Crippen molar-refractivity contribution >= 4 is 45.6 Å². The highest BCUT2D eigenvalue weighted by molar-refractivity contribution is 6.89. The van der Waals surface area contributed by atoms with Gasteiger partial charge in [0.1, 0.15) is 0 Å². The minimum atomic E-state index is -1.48. The fraction of sp³-hybridized carbons (Fsp3) is 0.194. The van der Waals surface area contributed by atoms with Crippen molar-refractivity contribution in [2.45, 2.75) is 39.9 Å². The summed E-state index contributed by atoms with van der Waals surface area (Å²) in [6, 6.07) is 35.7. The van der Waals surface area contributed by atoms with E-state index in [1.54, 1.807) is 0 Å². The van der Waals surface area contributed by atoms with Gasteiger partial charge in [0.05, 0.1) is 13.8 Å². The van der Waals surface area contributed by atoms with Gasteiger partial charge in [-0.15, -0.1) is 0 Å². The fourth-order valence-electron chi connectivity index (χ4n) is 5.87. The van der Waals surface area contributed by atoms with Crippen molar-refractivity contribution in [2.75, 3.05) is 0 Å². The second kappa shape index (κ2) is 9.52. The van der Waals surface area contributed by atoms with Crippen LogP contribution in [0.3, 0.4) is 0 Å². The molecule has 0 saturated carbocycles. The summed E-state index contributed by atoms with van der Waals surface area (Å²) in [4.78, 5) is 5.03. The van der Waals surface area contributed by atoms with Gasteiger partial charge in [0.2, 0.25) is 0 Å². The molecule has 0 aliphatic heterocycles. The third-order valence-electron chi connectivity index (χ3n) is 7.67. The van der Waals surface area contributed by atoms with Crippen LogP contribution < -0.4 is 5.19 Å². The normalized spacial score (nSPS) is 12.2. The number of benzene rings is 5. The van der Waals surface area contributed by atoms with Gasteiger partial charge < -0.3 is 0 Å². The van der Waals surface area contributed by atoms with Crippen LogP contribution in [0.15, 0.2) is 103 Å². The summed E-state index contributed by atoms with van der Waals surface area (Å²) >= 11 is 0. The second-order valence-electron chi connectivity index (χ2n) is 12.0. The molecular formula is C36H35NSi. The predicted octanol–water partition coefficient (Wildman–Crippen LogP) is 9.62. The van der Waals surface area contributed by atoms with Crippen molar-refractivity contribution in [1.82, 2.24) is 4.98 Å². The Labute approximate surface area is 227 Å². The molecule has 0 aliphatic carbocycles. The van der Waals surface area contributed by atoms with E-state index in [1.807, 2.05) is 0 Å². The molecule has 0 fully saturated rings. The molecule has 0 spiro atoms. The Balaban J connectivity index is 1.61. The molecule has 1 aromatic heterocycles. The van der Waals surface area contributed by atoms with E-state index < -0.39 is 8.07 Å². The molecule has 0 radical (unpaired) electrons. The fourth-order valence-corrected chi connectivity index (χ4v) is 7.45. The van der Waals surface area contributed by atoms with Crippen molar-refractivity contribution < 1.29 is 0 Å². The zero-order valence-electron chi connectivity index (χ0n) is 23.0. The Kier molecular flexibility index (Phi) is 6.16. The van der Waals surface area contributed by atoms with Crippen LogP contribution in [0.1, 0.15) is 19.4 Å². The molecule has 0 bridgehead atoms. The monoisotopic (exact) mass is 509 g/mol. The van der Waals surface area contributed by atoms with Gasteiger partial charge in [0.15, 0.2) is 0 Å². The number of pyridine rings is 1. The van der Waals surface area contributed by atoms with Crippen LogP contribution in [-0.4, -0.2) is 13.1 Å². The molecule has 6 rings (SSSR count). The Morgan fingerprint density at radius 2 is 1.13 bits per heavy atom. The predicted molar refractivity (Wildman–Crippen MR) is 169 cm³/mol. The summed E-state index contributed by atoms with van der Waals surface area (Å²) in [5, 5.41) is 9.27. The Bertz CT molecular complexity index is 1790. The third kappa shape index (κ3) is 4.44. The summed E-state index contributed by atoms with van der Waals surface area (Å²) < 4.78 is 0. The molecule has 1 nitrogen and oxygen atoms in total. The van der Waals surface area contributed by atoms with Crippen molar-refractivity contribution in [3.8, 4) is 22.4 Å². The maximum Gasteiger partial charge on any atom is 0.0799 e. The van der Waals surface area contributed by atoms with Crippen molar-refractivity contribution in [3.05, 3.63) is 109 Å². The average molecular weight is 510 g/mol. The molecule has 0 atom stereocenters. The largest absolute Gasteiger partial charge is 0.256 e. The summed E-state index contributed by atoms with van der Waals surface area (Å²) in [7, 11) is -1.48. The van der Waals surface area contributed by atoms with Crippen LogP contribution in [0.25, 0.3) is 54.7 Å². The molecule has 0 unspecified atom stereocenters. The average Bonchev–Trinajstić information content (AvgIpc) is 2.92. The van der Waals surface area contributed by atoms with Crippen molar-refractivity contribution in [2.24, 2.45) is 5.92 Å². The number of rotatable bonds is 5. The number of aromatic nitrogens is 1. The van der Waals surface area contributed by atoms with Gasteiger partial charge in [-0.3, -0.25) is 4.98 Å². The molecule has 0 saturated heterocycles. The van der Waals surface area contributed by atoms with Crippen molar-refractivity contribution in [1.29, 1.82) is 0 Å². The summed E-state index contributed by atoms with van der Waals surface area (Å²) in [6.45, 7) is 11.9. The first kappa shape index (κ1) is 24.6. The van der Waals surface area contributed by atoms with Crippen molar-refractivity contribution in [3.63, 3.8) is 0 Å². The highest BCUT2D eigenvalue weighted by Gasteiger charge is 2.22. The van der Waals surface area contributed by atoms with Gasteiger partial charge in [-0.05, 0) is 84.7 Å². The first-order valence-electron chi connectivity index (χ1n) is 13.7. The third-order valence-corrected chi connectivity index (χ3v) is 9.73. The molecule has 2 heteroatoms. The SMILES string of the molecule is CC(C)Cc1cc(-c2ccc3c4ccccc4c4ccc(-c5ccccc5)cc4c3c2)ncc1[Si](C)(C)C. The molecule has 0 N–H and O–H groups in total. The lowest BCUT2D eigenvalue weighted by atomic mass is 9.90. The van der Waals surface area contributed by atoms with E-state index in [4.69, 9.17) is 4.98 Å². The number of hydrogen-bond donors (Lipinski definition) is 0. The van der Waals surface area contributed by atoms with Crippen LogP contribution >= 0.6 is 0 Å². The van der Waals surface area contributed by atoms with E-state index >= 15 is 0 Å². The Morgan fingerprint density at radius 1 is 0.579 bits per heavy atom. The molecule has 5 aromatic carbocycles. The lowest BCUT2D eigenvalue weighted by molar-refractivity contribution is 0.649. The zero-order chi connectivity index (χ0) is 26.4. The Morgan fingerprint density at radius 3 is 1.74 bits per heavy atom. The molecule has 0 amide bonds. The van der Waals surface area contributed by atoms with Crippen LogP contribution in [0.5, 0.6) is 0 Å². The summed E-state index contributed by atoms with van der Waals surface area (Å²) in [6.07, 6.45) is 3.27. The summed E-state index contributed by atoms with van der Waals surface area (Å²) in [5.41, 5.74) is 6.22. The van der Waals surface area contributed by atoms with Crippen LogP contribution in [0, 0.1) is 5.92 Å². The van der Waals surface area contributed by atoms with Gasteiger partial charge >= 0.3 is 0 Å². The molecule has 188 valence electrons. The molecular weight excluding hydrogens is 474 g/mol. The first-order chi connectivity index (χ1) is 18.3. The smallest absolute Gasteiger partial charge is 0.0799 e. The topological polar surface area (TPSA) is 12.9 Å². The maximum atomic E-state index is 5.03. The zero-order valence-corrected chi connectivity index (χ0v) is 24.0. The lowest BCUT2D eigenvalue weighted by Crippen LogP contribution is -2.40. The lowest BCUT2D eigenvalue weighted by Gasteiger charge is -2.22. The van der Waals surface area contributed by atoms with E-state index in [0.717, 1.165) is 12.1 Å². The minimum absolute atomic E-state index is 0.615. The molecule has 0 aliphatic rings. The van der Waals surface area contributed by atoms with Crippen LogP contribution in [0.4, 0.5) is 0 Å². The highest BCUT2D eigenvalue weighted by atomic mass is 28.3. The van der Waals surface area contributed by atoms with Gasteiger partial charge in [0, 0.05) is 11.8 Å². The van der Waals surface area contributed by atoms with E-state index in [1.165, 1.54) is 59.8 Å². The van der Waals surface area contributed by atoms with E-state index in [-0.39, 0.29) is 0 Å². The van der Waals surface area contributed by atoms with E-state index in [2.05, 4.69) is 137 Å². The number of fused-ring (bicyclic) bond motifs is 6.